The van der Waals surface area contributed by atoms with Crippen LogP contribution in [0.3, 0.4) is 0 Å². The van der Waals surface area contributed by atoms with Gasteiger partial charge in [-0.1, -0.05) is 26.3 Å². The molecule has 0 heterocycles. The van der Waals surface area contributed by atoms with Crippen molar-refractivity contribution in [2.24, 2.45) is 17.3 Å². The Labute approximate surface area is 157 Å². The molecule has 142 valence electrons. The number of fused-ring (bicyclic) bond motifs is 5. The lowest BCUT2D eigenvalue weighted by Gasteiger charge is -2.49. The maximum atomic E-state index is 11.9. The first-order valence-corrected chi connectivity index (χ1v) is 10.5. The van der Waals surface area contributed by atoms with E-state index in [-0.39, 0.29) is 12.1 Å². The average molecular weight is 357 g/mol. The molecule has 2 fully saturated rings. The van der Waals surface area contributed by atoms with Crippen molar-refractivity contribution in [3.8, 4) is 5.75 Å². The molecular formula is C23H32O3. The van der Waals surface area contributed by atoms with Crippen molar-refractivity contribution in [3.05, 3.63) is 29.3 Å². The number of hydrogen-bond donors (Lipinski definition) is 1. The zero-order valence-corrected chi connectivity index (χ0v) is 16.2. The van der Waals surface area contributed by atoms with E-state index >= 15 is 0 Å². The first kappa shape index (κ1) is 18.0. The van der Waals surface area contributed by atoms with E-state index in [2.05, 4.69) is 26.0 Å². The van der Waals surface area contributed by atoms with E-state index in [0.29, 0.717) is 35.3 Å². The van der Waals surface area contributed by atoms with E-state index in [1.165, 1.54) is 30.4 Å². The first-order chi connectivity index (χ1) is 12.5. The summed E-state index contributed by atoms with van der Waals surface area (Å²) in [6.45, 7) is 4.49. The Hall–Kier alpha value is -1.35. The Bertz CT molecular complexity index is 682. The van der Waals surface area contributed by atoms with Gasteiger partial charge in [-0.2, -0.15) is 0 Å². The molecule has 1 aromatic rings. The van der Waals surface area contributed by atoms with Gasteiger partial charge in [0.2, 0.25) is 0 Å². The van der Waals surface area contributed by atoms with Crippen LogP contribution in [0.25, 0.3) is 0 Å². The van der Waals surface area contributed by atoms with Gasteiger partial charge in [-0.05, 0) is 91.4 Å². The van der Waals surface area contributed by atoms with Crippen LogP contribution in [0.15, 0.2) is 18.2 Å². The summed E-state index contributed by atoms with van der Waals surface area (Å²) >= 11 is 0. The molecule has 0 aliphatic heterocycles. The zero-order chi connectivity index (χ0) is 18.3. The molecule has 0 radical (unpaired) electrons. The number of benzene rings is 1. The molecule has 3 aliphatic carbocycles. The van der Waals surface area contributed by atoms with Gasteiger partial charge < -0.3 is 9.84 Å². The summed E-state index contributed by atoms with van der Waals surface area (Å²) in [4.78, 5) is 11.9. The number of ether oxygens (including phenoxy) is 1. The number of carbonyl (C=O) groups excluding carboxylic acids is 1. The van der Waals surface area contributed by atoms with Gasteiger partial charge in [-0.3, -0.25) is 4.79 Å². The largest absolute Gasteiger partial charge is 0.427 e. The minimum absolute atomic E-state index is 0.102. The fourth-order valence-electron chi connectivity index (χ4n) is 6.15. The molecule has 26 heavy (non-hydrogen) atoms. The van der Waals surface area contributed by atoms with Gasteiger partial charge in [-0.15, -0.1) is 0 Å². The Morgan fingerprint density at radius 3 is 3.00 bits per heavy atom. The van der Waals surface area contributed by atoms with Crippen molar-refractivity contribution in [1.29, 1.82) is 0 Å². The standard InChI is InChI=1S/C23H32O3/c1-3-4-5-22(25)26-17-7-9-18-15(12-17)6-8-20-19(18)10-11-23(2)14-16(24)13-21(20)23/h7,9,12,16,19-21,24H,3-6,8,10-11,13-14H2,1-2H3/t16-,19-,20-,21+,23-/m1/s1. The van der Waals surface area contributed by atoms with E-state index in [9.17, 15) is 9.90 Å². The van der Waals surface area contributed by atoms with Crippen LogP contribution in [0, 0.1) is 17.3 Å². The molecule has 0 unspecified atom stereocenters. The Morgan fingerprint density at radius 2 is 2.19 bits per heavy atom. The van der Waals surface area contributed by atoms with Crippen LogP contribution in [0.2, 0.25) is 0 Å². The lowest BCUT2D eigenvalue weighted by molar-refractivity contribution is -0.134. The van der Waals surface area contributed by atoms with Crippen molar-refractivity contribution in [3.63, 3.8) is 0 Å². The molecule has 4 rings (SSSR count). The first-order valence-electron chi connectivity index (χ1n) is 10.5. The molecule has 3 heteroatoms. The van der Waals surface area contributed by atoms with Crippen LogP contribution in [0.1, 0.15) is 82.3 Å². The minimum Gasteiger partial charge on any atom is -0.427 e. The number of aliphatic hydroxyl groups is 1. The molecule has 0 spiro atoms. The molecular weight excluding hydrogens is 324 g/mol. The fourth-order valence-corrected chi connectivity index (χ4v) is 6.15. The topological polar surface area (TPSA) is 46.5 Å². The number of esters is 1. The highest BCUT2D eigenvalue weighted by atomic mass is 16.5. The van der Waals surface area contributed by atoms with Gasteiger partial charge in [0.25, 0.3) is 0 Å². The Balaban J connectivity index is 1.51. The number of hydrogen-bond acceptors (Lipinski definition) is 3. The zero-order valence-electron chi connectivity index (χ0n) is 16.2. The number of aliphatic hydroxyl groups excluding tert-OH is 1. The van der Waals surface area contributed by atoms with Crippen LogP contribution >= 0.6 is 0 Å². The molecule has 3 aliphatic rings. The number of unbranched alkanes of at least 4 members (excludes halogenated alkanes) is 1. The summed E-state index contributed by atoms with van der Waals surface area (Å²) in [5.74, 6) is 2.58. The summed E-state index contributed by atoms with van der Waals surface area (Å²) in [5.41, 5.74) is 3.18. The van der Waals surface area contributed by atoms with Crippen LogP contribution in [-0.2, 0) is 11.2 Å². The third-order valence-corrected chi connectivity index (χ3v) is 7.41. The summed E-state index contributed by atoms with van der Waals surface area (Å²) in [5, 5.41) is 10.2. The van der Waals surface area contributed by atoms with E-state index in [1.54, 1.807) is 0 Å². The number of aryl methyl sites for hydroxylation is 1. The van der Waals surface area contributed by atoms with Crippen LogP contribution in [0.5, 0.6) is 5.75 Å². The molecule has 1 aromatic carbocycles. The summed E-state index contributed by atoms with van der Waals surface area (Å²) < 4.78 is 5.55. The van der Waals surface area contributed by atoms with Crippen LogP contribution in [0.4, 0.5) is 0 Å². The van der Waals surface area contributed by atoms with E-state index in [0.717, 1.165) is 32.1 Å². The van der Waals surface area contributed by atoms with Crippen LogP contribution in [-0.4, -0.2) is 17.2 Å². The maximum absolute atomic E-state index is 11.9. The highest BCUT2D eigenvalue weighted by Gasteiger charge is 2.52. The van der Waals surface area contributed by atoms with Crippen molar-refractivity contribution < 1.29 is 14.6 Å². The average Bonchev–Trinajstić information content (AvgIpc) is 2.93. The monoisotopic (exact) mass is 356 g/mol. The van der Waals surface area contributed by atoms with Gasteiger partial charge in [-0.25, -0.2) is 0 Å². The second kappa shape index (κ2) is 6.99. The van der Waals surface area contributed by atoms with Gasteiger partial charge in [0, 0.05) is 6.42 Å². The Kier molecular flexibility index (Phi) is 4.85. The SMILES string of the molecule is CCCCC(=O)Oc1ccc2c(c1)CC[C@@H]1[C@@H]2CC[C@]2(C)C[C@H](O)C[C@@H]12. The van der Waals surface area contributed by atoms with Crippen LogP contribution < -0.4 is 4.74 Å². The number of carbonyl (C=O) groups is 1. The van der Waals surface area contributed by atoms with Crippen molar-refractivity contribution in [1.82, 2.24) is 0 Å². The summed E-state index contributed by atoms with van der Waals surface area (Å²) in [6, 6.07) is 6.30. The molecule has 5 atom stereocenters. The van der Waals surface area contributed by atoms with E-state index in [4.69, 9.17) is 4.74 Å². The minimum atomic E-state index is -0.117. The maximum Gasteiger partial charge on any atom is 0.311 e. The third-order valence-electron chi connectivity index (χ3n) is 7.41. The third kappa shape index (κ3) is 3.19. The highest BCUT2D eigenvalue weighted by Crippen LogP contribution is 2.60. The van der Waals surface area contributed by atoms with Gasteiger partial charge in [0.05, 0.1) is 6.10 Å². The molecule has 0 amide bonds. The second-order valence-corrected chi connectivity index (χ2v) is 9.14. The normalized spacial score (nSPS) is 35.3. The summed E-state index contributed by atoms with van der Waals surface area (Å²) in [6.07, 6.45) is 9.00. The molecule has 0 bridgehead atoms. The molecule has 3 nitrogen and oxygen atoms in total. The van der Waals surface area contributed by atoms with Crippen molar-refractivity contribution >= 4 is 5.97 Å². The molecule has 0 saturated heterocycles. The predicted octanol–water partition coefficient (Wildman–Crippen LogP) is 5.00. The van der Waals surface area contributed by atoms with Gasteiger partial charge >= 0.3 is 5.97 Å². The fraction of sp³-hybridized carbons (Fsp3) is 0.696. The van der Waals surface area contributed by atoms with Gasteiger partial charge in [0.1, 0.15) is 5.75 Å². The summed E-state index contributed by atoms with van der Waals surface area (Å²) in [7, 11) is 0. The van der Waals surface area contributed by atoms with E-state index < -0.39 is 0 Å². The lowest BCUT2D eigenvalue weighted by atomic mass is 9.56. The van der Waals surface area contributed by atoms with E-state index in [1.807, 2.05) is 6.07 Å². The highest BCUT2D eigenvalue weighted by molar-refractivity contribution is 5.72. The smallest absolute Gasteiger partial charge is 0.311 e. The predicted molar refractivity (Wildman–Crippen MR) is 102 cm³/mol. The van der Waals surface area contributed by atoms with Gasteiger partial charge in [0.15, 0.2) is 0 Å². The molecule has 2 saturated carbocycles. The number of rotatable bonds is 4. The Morgan fingerprint density at radius 1 is 1.35 bits per heavy atom. The van der Waals surface area contributed by atoms with Crippen molar-refractivity contribution in [2.75, 3.05) is 0 Å². The molecule has 1 N–H and O–H groups in total. The molecule has 0 aromatic heterocycles. The van der Waals surface area contributed by atoms with Crippen molar-refractivity contribution in [2.45, 2.75) is 83.7 Å². The second-order valence-electron chi connectivity index (χ2n) is 9.14. The lowest BCUT2D eigenvalue weighted by Crippen LogP contribution is -2.39. The quantitative estimate of drug-likeness (QED) is 0.610.